The van der Waals surface area contributed by atoms with E-state index in [0.717, 1.165) is 31.4 Å². The molecule has 49 heavy (non-hydrogen) atoms. The molecule has 5 unspecified atom stereocenters. The second-order valence-corrected chi connectivity index (χ2v) is 10.5. The Morgan fingerprint density at radius 3 is 1.71 bits per heavy atom. The van der Waals surface area contributed by atoms with Crippen molar-refractivity contribution < 1.29 is 88.8 Å². The summed E-state index contributed by atoms with van der Waals surface area (Å²) in [6.07, 6.45) is -19.7. The number of aliphatic hydroxyl groups is 6. The third-order valence-corrected chi connectivity index (χ3v) is 7.45. The topological polar surface area (TPSA) is 313 Å². The molecule has 0 spiro atoms. The molecule has 268 valence electrons. The summed E-state index contributed by atoms with van der Waals surface area (Å²) < 4.78 is 32.0. The number of phenolic OH excluding ortho intramolecular Hbond substituents is 2. The largest absolute Gasteiger partial charge is 0.507 e. The van der Waals surface area contributed by atoms with Crippen LogP contribution in [-0.4, -0.2) is 132 Å². The molecule has 10 N–H and O–H groups in total. The van der Waals surface area contributed by atoms with E-state index < -0.39 is 96.0 Å². The average Bonchev–Trinajstić information content (AvgIpc) is 3.06. The lowest BCUT2D eigenvalue weighted by molar-refractivity contribution is -0.271. The van der Waals surface area contributed by atoms with Crippen molar-refractivity contribution in [2.45, 2.75) is 75.3 Å². The molecule has 3 heterocycles. The molecule has 10 atom stereocenters. The fraction of sp³-hybridized carbons (Fsp3) is 0.433. The highest BCUT2D eigenvalue weighted by molar-refractivity contribution is 5.86. The predicted molar refractivity (Wildman–Crippen MR) is 159 cm³/mol. The van der Waals surface area contributed by atoms with Crippen molar-refractivity contribution in [3.05, 3.63) is 40.6 Å². The number of aliphatic carboxylic acids is 2. The number of fused-ring (bicyclic) bond motifs is 1. The van der Waals surface area contributed by atoms with Gasteiger partial charge in [-0.1, -0.05) is 13.8 Å². The number of benzene rings is 2. The summed E-state index contributed by atoms with van der Waals surface area (Å²) in [4.78, 5) is 35.9. The number of hydrogen-bond donors (Lipinski definition) is 10. The molecule has 2 aromatic carbocycles. The molecule has 2 fully saturated rings. The molecular formula is C30H34O19. The van der Waals surface area contributed by atoms with E-state index in [1.165, 1.54) is 6.07 Å². The minimum absolute atomic E-state index is 0.0347. The van der Waals surface area contributed by atoms with E-state index in [2.05, 4.69) is 0 Å². The molecule has 0 radical (unpaired) electrons. The second kappa shape index (κ2) is 14.8. The summed E-state index contributed by atoms with van der Waals surface area (Å²) in [5.74, 6) is -6.09. The smallest absolute Gasteiger partial charge is 0.335 e. The summed E-state index contributed by atoms with van der Waals surface area (Å²) in [5.41, 5.74) is -1.16. The van der Waals surface area contributed by atoms with Crippen LogP contribution in [0.15, 0.2) is 39.5 Å². The lowest BCUT2D eigenvalue weighted by Gasteiger charge is -2.38. The Labute approximate surface area is 274 Å². The number of aromatic hydroxyl groups is 2. The number of carbonyl (C=O) groups is 2. The molecule has 2 saturated heterocycles. The number of ether oxygens (including phenoxy) is 5. The normalized spacial score (nSPS) is 29.7. The van der Waals surface area contributed by atoms with Gasteiger partial charge in [-0.2, -0.15) is 0 Å². The fourth-order valence-electron chi connectivity index (χ4n) is 4.98. The Kier molecular flexibility index (Phi) is 11.2. The molecule has 19 heteroatoms. The molecule has 2 aliphatic heterocycles. The lowest BCUT2D eigenvalue weighted by Crippen LogP contribution is -2.61. The lowest BCUT2D eigenvalue weighted by atomic mass is 9.99. The highest BCUT2D eigenvalue weighted by Gasteiger charge is 2.49. The summed E-state index contributed by atoms with van der Waals surface area (Å²) >= 11 is 0. The quantitative estimate of drug-likeness (QED) is 0.127. The van der Waals surface area contributed by atoms with Gasteiger partial charge in [0, 0.05) is 23.8 Å². The Bertz CT molecular complexity index is 1740. The minimum atomic E-state index is -2.02. The van der Waals surface area contributed by atoms with Gasteiger partial charge in [-0.05, 0) is 12.1 Å². The van der Waals surface area contributed by atoms with Crippen LogP contribution in [0.1, 0.15) is 13.8 Å². The molecular weight excluding hydrogens is 664 g/mol. The summed E-state index contributed by atoms with van der Waals surface area (Å²) in [6.45, 7) is 4.00. The Balaban J connectivity index is 0.00000265. The van der Waals surface area contributed by atoms with E-state index >= 15 is 0 Å². The van der Waals surface area contributed by atoms with Crippen LogP contribution in [0.25, 0.3) is 22.3 Å². The Hall–Kier alpha value is -4.73. The highest BCUT2D eigenvalue weighted by atomic mass is 16.7. The molecule has 2 aliphatic rings. The SMILES string of the molecule is CC.COc1cc(-c2cc(=O)c3c(O)cc(O[C@@H]4OC(C(=O)O)[C@@H](O)[C@H](O)C4O)cc3o2)cc(O[C@@H]2OC(C(=O)O)[C@@H](O)C(O)C2O)c1O. The van der Waals surface area contributed by atoms with E-state index in [0.29, 0.717) is 0 Å². The van der Waals surface area contributed by atoms with Crippen molar-refractivity contribution in [2.24, 2.45) is 0 Å². The predicted octanol–water partition coefficient (Wildman–Crippen LogP) is -1.55. The Morgan fingerprint density at radius 1 is 0.694 bits per heavy atom. The van der Waals surface area contributed by atoms with Crippen molar-refractivity contribution in [3.8, 4) is 40.1 Å². The first-order valence-electron chi connectivity index (χ1n) is 14.5. The van der Waals surface area contributed by atoms with Crippen molar-refractivity contribution in [1.82, 2.24) is 0 Å². The first-order valence-corrected chi connectivity index (χ1v) is 14.5. The van der Waals surface area contributed by atoms with Crippen molar-refractivity contribution in [1.29, 1.82) is 0 Å². The highest BCUT2D eigenvalue weighted by Crippen LogP contribution is 2.42. The van der Waals surface area contributed by atoms with Crippen molar-refractivity contribution in [3.63, 3.8) is 0 Å². The maximum Gasteiger partial charge on any atom is 0.335 e. The number of phenols is 2. The fourth-order valence-corrected chi connectivity index (χ4v) is 4.98. The van der Waals surface area contributed by atoms with Crippen LogP contribution in [0.4, 0.5) is 0 Å². The van der Waals surface area contributed by atoms with Crippen molar-refractivity contribution >= 4 is 22.9 Å². The van der Waals surface area contributed by atoms with Gasteiger partial charge in [-0.15, -0.1) is 0 Å². The third-order valence-electron chi connectivity index (χ3n) is 7.45. The molecule has 0 bridgehead atoms. The van der Waals surface area contributed by atoms with Gasteiger partial charge in [0.05, 0.1) is 7.11 Å². The molecule has 19 nitrogen and oxygen atoms in total. The first kappa shape index (κ1) is 37.1. The van der Waals surface area contributed by atoms with Gasteiger partial charge in [0.1, 0.15) is 64.9 Å². The standard InChI is InChI=1S/C28H28O19.C2H6/c1-42-13-2-7(3-14(16(13)31)45-28-22(37)18(33)20(35)24(47-28)26(40)41)11-6-10(30)15-9(29)4-8(5-12(15)44-11)43-27-21(36)17(32)19(34)23(46-27)25(38)39;1-2/h2-6,17-24,27-29,31-37H,1H3,(H,38,39)(H,40,41);1-2H3/t17-,18?,19-,20-,21?,22?,23?,24?,27+,28+;/m0./s1. The van der Waals surface area contributed by atoms with Crippen molar-refractivity contribution in [2.75, 3.05) is 7.11 Å². The van der Waals surface area contributed by atoms with E-state index in [1.807, 2.05) is 13.8 Å². The zero-order valence-corrected chi connectivity index (χ0v) is 25.8. The molecule has 0 amide bonds. The van der Waals surface area contributed by atoms with Crippen LogP contribution in [0.5, 0.6) is 28.7 Å². The number of rotatable bonds is 8. The van der Waals surface area contributed by atoms with Crippen LogP contribution in [0, 0.1) is 0 Å². The number of carboxylic acid groups (broad SMARTS) is 2. The molecule has 1 aromatic heterocycles. The zero-order valence-electron chi connectivity index (χ0n) is 25.8. The number of methoxy groups -OCH3 is 1. The van der Waals surface area contributed by atoms with Crippen LogP contribution in [0.2, 0.25) is 0 Å². The van der Waals surface area contributed by atoms with Gasteiger partial charge in [-0.3, -0.25) is 4.79 Å². The van der Waals surface area contributed by atoms with Gasteiger partial charge in [0.15, 0.2) is 29.1 Å². The molecule has 3 aromatic rings. The van der Waals surface area contributed by atoms with Crippen LogP contribution in [-0.2, 0) is 19.1 Å². The monoisotopic (exact) mass is 698 g/mol. The minimum Gasteiger partial charge on any atom is -0.507 e. The summed E-state index contributed by atoms with van der Waals surface area (Å²) in [6, 6.07) is 5.17. The van der Waals surface area contributed by atoms with Gasteiger partial charge >= 0.3 is 11.9 Å². The van der Waals surface area contributed by atoms with Gasteiger partial charge in [-0.25, -0.2) is 9.59 Å². The van der Waals surface area contributed by atoms with E-state index in [1.54, 1.807) is 0 Å². The molecule has 0 saturated carbocycles. The Morgan fingerprint density at radius 2 is 1.20 bits per heavy atom. The van der Waals surface area contributed by atoms with Crippen LogP contribution in [0.3, 0.4) is 0 Å². The summed E-state index contributed by atoms with van der Waals surface area (Å²) in [7, 11) is 1.15. The first-order chi connectivity index (χ1) is 23.1. The van der Waals surface area contributed by atoms with Gasteiger partial charge in [0.2, 0.25) is 18.3 Å². The van der Waals surface area contributed by atoms with E-state index in [9.17, 15) is 65.4 Å². The third kappa shape index (κ3) is 7.19. The van der Waals surface area contributed by atoms with E-state index in [4.69, 9.17) is 28.1 Å². The second-order valence-electron chi connectivity index (χ2n) is 10.5. The number of carboxylic acids is 2. The molecule has 5 rings (SSSR count). The number of aliphatic hydroxyl groups excluding tert-OH is 6. The average molecular weight is 699 g/mol. The van der Waals surface area contributed by atoms with Crippen LogP contribution >= 0.6 is 0 Å². The van der Waals surface area contributed by atoms with Gasteiger partial charge in [0.25, 0.3) is 0 Å². The zero-order chi connectivity index (χ0) is 36.5. The summed E-state index contributed by atoms with van der Waals surface area (Å²) in [5, 5.41) is 100. The van der Waals surface area contributed by atoms with Gasteiger partial charge < -0.3 is 79.2 Å². The maximum atomic E-state index is 13.1. The number of hydrogen-bond acceptors (Lipinski definition) is 17. The maximum absolute atomic E-state index is 13.1. The molecule has 0 aliphatic carbocycles. The van der Waals surface area contributed by atoms with Crippen LogP contribution < -0.4 is 19.6 Å². The van der Waals surface area contributed by atoms with E-state index in [-0.39, 0.29) is 33.8 Å².